The fourth-order valence-corrected chi connectivity index (χ4v) is 4.07. The molecule has 1 aliphatic heterocycles. The van der Waals surface area contributed by atoms with Gasteiger partial charge in [-0.15, -0.1) is 0 Å². The van der Waals surface area contributed by atoms with Crippen LogP contribution in [0.1, 0.15) is 45.7 Å². The Balaban J connectivity index is 1.57. The Labute approximate surface area is 188 Å². The summed E-state index contributed by atoms with van der Waals surface area (Å²) < 4.78 is 42.4. The van der Waals surface area contributed by atoms with Crippen LogP contribution in [0.4, 0.5) is 19.0 Å². The molecule has 0 unspecified atom stereocenters. The van der Waals surface area contributed by atoms with Crippen molar-refractivity contribution in [2.75, 3.05) is 11.9 Å². The van der Waals surface area contributed by atoms with E-state index in [1.807, 2.05) is 49.4 Å². The molecule has 3 aromatic rings. The Morgan fingerprint density at radius 1 is 1.19 bits per heavy atom. The number of hydrogen-bond acceptors (Lipinski definition) is 3. The van der Waals surface area contributed by atoms with Gasteiger partial charge in [0, 0.05) is 13.0 Å². The summed E-state index contributed by atoms with van der Waals surface area (Å²) in [4.78, 5) is 12.6. The van der Waals surface area contributed by atoms with E-state index in [0.29, 0.717) is 18.5 Å². The normalized spacial score (nSPS) is 18.0. The second kappa shape index (κ2) is 8.86. The topological polar surface area (TPSA) is 59.0 Å². The number of carbonyl (C=O) groups is 1. The van der Waals surface area contributed by atoms with Crippen molar-refractivity contribution in [2.24, 2.45) is 0 Å². The van der Waals surface area contributed by atoms with Gasteiger partial charge < -0.3 is 10.6 Å². The zero-order valence-electron chi connectivity index (χ0n) is 17.3. The Morgan fingerprint density at radius 2 is 1.88 bits per heavy atom. The number of aromatic nitrogens is 2. The Kier molecular flexibility index (Phi) is 6.15. The standard InChI is InChI=1S/C23H22ClF3N4O/c1-14-7-9-16(10-8-14)17-13-18(23(25,26)27)31-21(29-17)19(24)20(30-31)22(32)28-12-11-15-5-3-2-4-6-15/h2-10,17-18,29H,11-13H2,1H3,(H,28,32)/t17-,18-/m1/s1. The molecule has 0 spiro atoms. The lowest BCUT2D eigenvalue weighted by molar-refractivity contribution is -0.173. The van der Waals surface area contributed by atoms with Crippen LogP contribution in [0.25, 0.3) is 0 Å². The van der Waals surface area contributed by atoms with Gasteiger partial charge in [0.05, 0.1) is 6.04 Å². The average Bonchev–Trinajstić information content (AvgIpc) is 3.10. The summed E-state index contributed by atoms with van der Waals surface area (Å²) in [5, 5.41) is 9.58. The molecule has 1 aromatic heterocycles. The largest absolute Gasteiger partial charge is 0.410 e. The molecule has 168 valence electrons. The number of carbonyl (C=O) groups excluding carboxylic acids is 1. The number of nitrogens with one attached hydrogen (secondary N) is 2. The molecule has 9 heteroatoms. The minimum atomic E-state index is -4.55. The van der Waals surface area contributed by atoms with Crippen molar-refractivity contribution >= 4 is 23.3 Å². The number of alkyl halides is 3. The SMILES string of the molecule is Cc1ccc([C@H]2C[C@H](C(F)(F)F)n3nc(C(=O)NCCc4ccccc4)c(Cl)c3N2)cc1. The van der Waals surface area contributed by atoms with Crippen LogP contribution in [0.3, 0.4) is 0 Å². The molecule has 1 aliphatic rings. The fourth-order valence-electron chi connectivity index (χ4n) is 3.80. The summed E-state index contributed by atoms with van der Waals surface area (Å²) in [6, 6.07) is 14.3. The summed E-state index contributed by atoms with van der Waals surface area (Å²) >= 11 is 6.35. The molecule has 0 saturated heterocycles. The maximum atomic E-state index is 13.9. The van der Waals surface area contributed by atoms with Gasteiger partial charge >= 0.3 is 6.18 Å². The van der Waals surface area contributed by atoms with Crippen LogP contribution in [0.5, 0.6) is 0 Å². The molecule has 0 saturated carbocycles. The van der Waals surface area contributed by atoms with E-state index in [1.54, 1.807) is 12.1 Å². The molecule has 0 bridgehead atoms. The first-order valence-corrected chi connectivity index (χ1v) is 10.6. The molecular weight excluding hydrogens is 441 g/mol. The first-order valence-electron chi connectivity index (χ1n) is 10.2. The molecule has 2 atom stereocenters. The van der Waals surface area contributed by atoms with Gasteiger partial charge in [-0.3, -0.25) is 4.79 Å². The lowest BCUT2D eigenvalue weighted by Crippen LogP contribution is -2.36. The number of amides is 1. The van der Waals surface area contributed by atoms with E-state index >= 15 is 0 Å². The van der Waals surface area contributed by atoms with Crippen LogP contribution in [0.15, 0.2) is 54.6 Å². The van der Waals surface area contributed by atoms with E-state index in [-0.39, 0.29) is 23.0 Å². The van der Waals surface area contributed by atoms with Crippen LogP contribution >= 0.6 is 11.6 Å². The molecule has 0 radical (unpaired) electrons. The van der Waals surface area contributed by atoms with Gasteiger partial charge in [-0.2, -0.15) is 18.3 Å². The molecular formula is C23H22ClF3N4O. The highest BCUT2D eigenvalue weighted by molar-refractivity contribution is 6.36. The quantitative estimate of drug-likeness (QED) is 0.528. The monoisotopic (exact) mass is 462 g/mol. The zero-order valence-corrected chi connectivity index (χ0v) is 18.0. The number of anilines is 1. The highest BCUT2D eigenvalue weighted by Crippen LogP contribution is 2.46. The van der Waals surface area contributed by atoms with Gasteiger partial charge in [-0.1, -0.05) is 71.8 Å². The van der Waals surface area contributed by atoms with E-state index in [4.69, 9.17) is 11.6 Å². The van der Waals surface area contributed by atoms with Crippen molar-refractivity contribution in [3.8, 4) is 0 Å². The number of rotatable bonds is 5. The molecule has 5 nitrogen and oxygen atoms in total. The molecule has 2 heterocycles. The van der Waals surface area contributed by atoms with Crippen molar-refractivity contribution in [1.82, 2.24) is 15.1 Å². The highest BCUT2D eigenvalue weighted by atomic mass is 35.5. The molecule has 2 N–H and O–H groups in total. The molecule has 4 rings (SSSR count). The van der Waals surface area contributed by atoms with Gasteiger partial charge in [0.1, 0.15) is 10.8 Å². The zero-order chi connectivity index (χ0) is 22.9. The Hall–Kier alpha value is -3.00. The molecule has 0 aliphatic carbocycles. The first-order chi connectivity index (χ1) is 15.2. The van der Waals surface area contributed by atoms with Gasteiger partial charge in [-0.05, 0) is 24.5 Å². The summed E-state index contributed by atoms with van der Waals surface area (Å²) in [7, 11) is 0. The minimum Gasteiger partial charge on any atom is -0.362 e. The van der Waals surface area contributed by atoms with Gasteiger partial charge in [0.15, 0.2) is 11.7 Å². The predicted molar refractivity (Wildman–Crippen MR) is 117 cm³/mol. The van der Waals surface area contributed by atoms with Crippen LogP contribution in [0, 0.1) is 6.92 Å². The third-order valence-electron chi connectivity index (χ3n) is 5.53. The number of benzene rings is 2. The lowest BCUT2D eigenvalue weighted by Gasteiger charge is -2.33. The Bertz CT molecular complexity index is 1100. The molecule has 2 aromatic carbocycles. The van der Waals surface area contributed by atoms with Crippen molar-refractivity contribution in [2.45, 2.75) is 38.0 Å². The number of halogens is 4. The van der Waals surface area contributed by atoms with E-state index in [9.17, 15) is 18.0 Å². The summed E-state index contributed by atoms with van der Waals surface area (Å²) in [5.41, 5.74) is 2.53. The number of aryl methyl sites for hydroxylation is 1. The van der Waals surface area contributed by atoms with Gasteiger partial charge in [-0.25, -0.2) is 4.68 Å². The van der Waals surface area contributed by atoms with Crippen molar-refractivity contribution in [3.63, 3.8) is 0 Å². The third kappa shape index (κ3) is 4.60. The number of fused-ring (bicyclic) bond motifs is 1. The van der Waals surface area contributed by atoms with Crippen LogP contribution in [-0.2, 0) is 6.42 Å². The second-order valence-electron chi connectivity index (χ2n) is 7.85. The van der Waals surface area contributed by atoms with Crippen LogP contribution in [-0.4, -0.2) is 28.4 Å². The number of hydrogen-bond donors (Lipinski definition) is 2. The first kappa shape index (κ1) is 22.2. The van der Waals surface area contributed by atoms with E-state index in [2.05, 4.69) is 15.7 Å². The van der Waals surface area contributed by atoms with Crippen LogP contribution in [0.2, 0.25) is 5.02 Å². The van der Waals surface area contributed by atoms with Crippen molar-refractivity contribution in [3.05, 3.63) is 82.0 Å². The van der Waals surface area contributed by atoms with E-state index in [1.165, 1.54) is 0 Å². The summed E-state index contributed by atoms with van der Waals surface area (Å²) in [6.07, 6.45) is -4.22. The Morgan fingerprint density at radius 3 is 2.53 bits per heavy atom. The fraction of sp³-hybridized carbons (Fsp3) is 0.304. The average molecular weight is 463 g/mol. The highest BCUT2D eigenvalue weighted by Gasteiger charge is 2.47. The number of nitrogens with zero attached hydrogens (tertiary/aromatic N) is 2. The van der Waals surface area contributed by atoms with E-state index in [0.717, 1.165) is 15.8 Å². The van der Waals surface area contributed by atoms with Crippen molar-refractivity contribution in [1.29, 1.82) is 0 Å². The van der Waals surface area contributed by atoms with Crippen LogP contribution < -0.4 is 10.6 Å². The van der Waals surface area contributed by atoms with Gasteiger partial charge in [0.2, 0.25) is 0 Å². The maximum absolute atomic E-state index is 13.9. The summed E-state index contributed by atoms with van der Waals surface area (Å²) in [5.74, 6) is -0.610. The molecule has 0 fully saturated rings. The van der Waals surface area contributed by atoms with E-state index < -0.39 is 24.2 Å². The molecule has 32 heavy (non-hydrogen) atoms. The summed E-state index contributed by atoms with van der Waals surface area (Å²) in [6.45, 7) is 2.22. The predicted octanol–water partition coefficient (Wildman–Crippen LogP) is 5.48. The smallest absolute Gasteiger partial charge is 0.362 e. The van der Waals surface area contributed by atoms with Gasteiger partial charge in [0.25, 0.3) is 5.91 Å². The molecule has 1 amide bonds. The second-order valence-corrected chi connectivity index (χ2v) is 8.23. The maximum Gasteiger partial charge on any atom is 0.410 e. The lowest BCUT2D eigenvalue weighted by atomic mass is 9.96. The van der Waals surface area contributed by atoms with Crippen molar-refractivity contribution < 1.29 is 18.0 Å². The third-order valence-corrected chi connectivity index (χ3v) is 5.89. The minimum absolute atomic E-state index is 0.000902.